The van der Waals surface area contributed by atoms with Crippen LogP contribution in [0.3, 0.4) is 0 Å². The number of fused-ring (bicyclic) bond motifs is 1. The molecule has 2 aliphatic rings. The van der Waals surface area contributed by atoms with Crippen molar-refractivity contribution in [1.82, 2.24) is 24.6 Å². The number of nitrogen functional groups attached to an aromatic ring is 1. The van der Waals surface area contributed by atoms with Gasteiger partial charge in [-0.2, -0.15) is 5.10 Å². The number of hydrogen-bond donors (Lipinski definition) is 1. The van der Waals surface area contributed by atoms with Gasteiger partial charge < -0.3 is 20.1 Å². The summed E-state index contributed by atoms with van der Waals surface area (Å²) in [6.07, 6.45) is 6.68. The van der Waals surface area contributed by atoms with Crippen molar-refractivity contribution in [2.24, 2.45) is 5.92 Å². The van der Waals surface area contributed by atoms with Crippen molar-refractivity contribution < 1.29 is 14.3 Å². The average Bonchev–Trinajstić information content (AvgIpc) is 3.75. The first-order valence-corrected chi connectivity index (χ1v) is 14.3. The summed E-state index contributed by atoms with van der Waals surface area (Å²) in [6, 6.07) is 10.5. The summed E-state index contributed by atoms with van der Waals surface area (Å²) in [4.78, 5) is 27.0. The highest BCUT2D eigenvalue weighted by Gasteiger charge is 2.30. The predicted molar refractivity (Wildman–Crippen MR) is 161 cm³/mol. The van der Waals surface area contributed by atoms with Crippen LogP contribution >= 0.6 is 23.2 Å². The number of methoxy groups -OCH3 is 1. The molecule has 1 aliphatic heterocycles. The van der Waals surface area contributed by atoms with Crippen molar-refractivity contribution in [1.29, 1.82) is 0 Å². The lowest BCUT2D eigenvalue weighted by atomic mass is 10.0. The molecule has 0 radical (unpaired) electrons. The minimum atomic E-state index is -0.191. The summed E-state index contributed by atoms with van der Waals surface area (Å²) >= 11 is 12.2. The highest BCUT2D eigenvalue weighted by molar-refractivity contribution is 6.42. The van der Waals surface area contributed by atoms with Gasteiger partial charge in [0.05, 0.1) is 35.2 Å². The van der Waals surface area contributed by atoms with E-state index in [9.17, 15) is 4.79 Å². The number of amides is 1. The first-order chi connectivity index (χ1) is 20.4. The molecule has 1 saturated carbocycles. The molecule has 2 aromatic carbocycles. The molecule has 0 bridgehead atoms. The number of aromatic nitrogens is 4. The van der Waals surface area contributed by atoms with Crippen molar-refractivity contribution in [3.05, 3.63) is 76.0 Å². The number of carbonyl (C=O) groups is 1. The number of nitrogens with zero attached hydrogens (tertiary/aromatic N) is 6. The number of ether oxygens (including phenoxy) is 2. The molecule has 6 rings (SSSR count). The third-order valence-corrected chi connectivity index (χ3v) is 8.27. The Bertz CT molecular complexity index is 1750. The predicted octanol–water partition coefficient (Wildman–Crippen LogP) is 6.56. The lowest BCUT2D eigenvalue weighted by molar-refractivity contribution is -0.128. The number of benzene rings is 2. The van der Waals surface area contributed by atoms with Crippen LogP contribution in [0.4, 0.5) is 5.82 Å². The molecular formula is C30H27Cl2N7O3. The molecule has 10 nitrogen and oxygen atoms in total. The van der Waals surface area contributed by atoms with E-state index in [2.05, 4.69) is 14.8 Å². The molecule has 42 heavy (non-hydrogen) atoms. The molecule has 2 fully saturated rings. The quantitative estimate of drug-likeness (QED) is 0.188. The number of carbonyl (C=O) groups excluding carboxylic acids is 1. The Balaban J connectivity index is 1.28. The smallest absolute Gasteiger partial charge is 0.252 e. The summed E-state index contributed by atoms with van der Waals surface area (Å²) in [6.45, 7) is 8.50. The largest absolute Gasteiger partial charge is 0.493 e. The number of halogens is 2. The molecule has 1 saturated heterocycles. The topological polar surface area (TPSA) is 113 Å². The van der Waals surface area contributed by atoms with E-state index >= 15 is 0 Å². The van der Waals surface area contributed by atoms with Gasteiger partial charge in [-0.3, -0.25) is 4.79 Å². The summed E-state index contributed by atoms with van der Waals surface area (Å²) in [5.74, 6) is 1.97. The molecule has 2 aromatic heterocycles. The highest BCUT2D eigenvalue weighted by Crippen LogP contribution is 2.40. The average molecular weight is 604 g/mol. The van der Waals surface area contributed by atoms with E-state index in [1.807, 2.05) is 22.9 Å². The second-order valence-electron chi connectivity index (χ2n) is 10.3. The maximum Gasteiger partial charge on any atom is 0.252 e. The molecule has 12 heteroatoms. The van der Waals surface area contributed by atoms with Gasteiger partial charge in [0.1, 0.15) is 23.6 Å². The van der Waals surface area contributed by atoms with Crippen molar-refractivity contribution in [2.45, 2.75) is 31.7 Å². The molecule has 2 N–H and O–H groups in total. The monoisotopic (exact) mass is 603 g/mol. The van der Waals surface area contributed by atoms with E-state index in [0.29, 0.717) is 81.7 Å². The lowest BCUT2D eigenvalue weighted by Crippen LogP contribution is -2.39. The Labute approximate surface area is 252 Å². The van der Waals surface area contributed by atoms with Crippen molar-refractivity contribution in [3.63, 3.8) is 0 Å². The molecule has 1 amide bonds. The van der Waals surface area contributed by atoms with Gasteiger partial charge in [0.25, 0.3) is 5.91 Å². The van der Waals surface area contributed by atoms with Crippen molar-refractivity contribution in [2.75, 3.05) is 25.9 Å². The Kier molecular flexibility index (Phi) is 7.62. The van der Waals surface area contributed by atoms with Gasteiger partial charge in [-0.25, -0.2) is 19.5 Å². The molecule has 1 aliphatic carbocycles. The van der Waals surface area contributed by atoms with Gasteiger partial charge in [0, 0.05) is 24.7 Å². The van der Waals surface area contributed by atoms with Gasteiger partial charge in [0.15, 0.2) is 17.1 Å². The molecule has 0 atom stereocenters. The van der Waals surface area contributed by atoms with Gasteiger partial charge in [-0.1, -0.05) is 29.3 Å². The number of nitrogens with two attached hydrogens (primary N) is 1. The number of allylic oxidation sites excluding steroid dienone is 1. The van der Waals surface area contributed by atoms with Crippen LogP contribution in [0.15, 0.2) is 54.5 Å². The molecule has 3 heterocycles. The third kappa shape index (κ3) is 5.45. The Morgan fingerprint density at radius 3 is 2.55 bits per heavy atom. The van der Waals surface area contributed by atoms with Crippen molar-refractivity contribution >= 4 is 46.0 Å². The maximum absolute atomic E-state index is 13.0. The molecule has 0 unspecified atom stereocenters. The first kappa shape index (κ1) is 27.8. The van der Waals surface area contributed by atoms with Crippen LogP contribution in [0.25, 0.3) is 27.1 Å². The normalized spacial score (nSPS) is 16.0. The first-order valence-electron chi connectivity index (χ1n) is 13.5. The van der Waals surface area contributed by atoms with Gasteiger partial charge in [-0.05, 0) is 61.9 Å². The number of likely N-dealkylation sites (tertiary alicyclic amines) is 1. The Morgan fingerprint density at radius 2 is 1.86 bits per heavy atom. The molecular weight excluding hydrogens is 577 g/mol. The molecule has 214 valence electrons. The van der Waals surface area contributed by atoms with Crippen LogP contribution in [-0.4, -0.2) is 50.8 Å². The lowest BCUT2D eigenvalue weighted by Gasteiger charge is -2.32. The zero-order valence-electron chi connectivity index (χ0n) is 22.8. The van der Waals surface area contributed by atoms with Crippen LogP contribution in [0.2, 0.25) is 10.0 Å². The zero-order valence-corrected chi connectivity index (χ0v) is 24.3. The van der Waals surface area contributed by atoms with Gasteiger partial charge in [0.2, 0.25) is 5.70 Å². The van der Waals surface area contributed by atoms with Crippen LogP contribution in [-0.2, 0) is 4.79 Å². The van der Waals surface area contributed by atoms with Crippen LogP contribution < -0.4 is 15.2 Å². The number of rotatable bonds is 7. The summed E-state index contributed by atoms with van der Waals surface area (Å²) in [5.41, 5.74) is 8.56. The second-order valence-corrected chi connectivity index (χ2v) is 11.1. The standard InChI is InChI=1S/C30H27Cl2N7O3/c1-34-23(13-17-3-4-17)30(40)38-11-9-19(10-12-38)39-29-26(28(33)35-16-36-29)27(37-39)18-5-8-24(25(14-18)41-2)42-20-6-7-21(31)22(32)15-20/h5-8,13-17,19H,3-4,9-12H2,2H3,(H2,33,35,36)/b23-13-. The fourth-order valence-electron chi connectivity index (χ4n) is 5.14. The SMILES string of the molecule is [C-]#[N+]/C(=C\C1CC1)C(=O)N1CCC(n2nc(-c3ccc(Oc4ccc(Cl)c(Cl)c4)c(OC)c3)c3c(N)ncnc32)CC1. The number of hydrogen-bond acceptors (Lipinski definition) is 7. The summed E-state index contributed by atoms with van der Waals surface area (Å²) in [5, 5.41) is 6.42. The highest BCUT2D eigenvalue weighted by atomic mass is 35.5. The summed E-state index contributed by atoms with van der Waals surface area (Å²) in [7, 11) is 1.56. The maximum atomic E-state index is 13.0. The summed E-state index contributed by atoms with van der Waals surface area (Å²) < 4.78 is 13.5. The zero-order chi connectivity index (χ0) is 29.4. The third-order valence-electron chi connectivity index (χ3n) is 7.53. The number of anilines is 1. The van der Waals surface area contributed by atoms with E-state index in [-0.39, 0.29) is 17.6 Å². The van der Waals surface area contributed by atoms with E-state index in [1.165, 1.54) is 6.33 Å². The minimum Gasteiger partial charge on any atom is -0.493 e. The van der Waals surface area contributed by atoms with E-state index < -0.39 is 0 Å². The molecule has 0 spiro atoms. The second kappa shape index (κ2) is 11.5. The number of piperidine rings is 1. The minimum absolute atomic E-state index is 0.0115. The van der Waals surface area contributed by atoms with E-state index in [1.54, 1.807) is 36.3 Å². The van der Waals surface area contributed by atoms with Crippen LogP contribution in [0.5, 0.6) is 17.2 Å². The van der Waals surface area contributed by atoms with Gasteiger partial charge >= 0.3 is 0 Å². The Morgan fingerprint density at radius 1 is 1.07 bits per heavy atom. The molecule has 4 aromatic rings. The van der Waals surface area contributed by atoms with E-state index in [4.69, 9.17) is 50.1 Å². The van der Waals surface area contributed by atoms with Gasteiger partial charge in [-0.15, -0.1) is 0 Å². The fourth-order valence-corrected chi connectivity index (χ4v) is 5.42. The van der Waals surface area contributed by atoms with Crippen LogP contribution in [0.1, 0.15) is 31.7 Å². The van der Waals surface area contributed by atoms with Crippen molar-refractivity contribution in [3.8, 4) is 28.5 Å². The van der Waals surface area contributed by atoms with Crippen LogP contribution in [0, 0.1) is 12.5 Å². The van der Waals surface area contributed by atoms with E-state index in [0.717, 1.165) is 18.4 Å². The Hall–Kier alpha value is -4.33. The fraction of sp³-hybridized carbons (Fsp3) is 0.300.